The monoisotopic (exact) mass is 516 g/mol. The van der Waals surface area contributed by atoms with Gasteiger partial charge >= 0.3 is 0 Å². The molecular weight excluding hydrogens is 480 g/mol. The molecule has 3 aromatic carbocycles. The van der Waals surface area contributed by atoms with Crippen molar-refractivity contribution in [1.29, 1.82) is 0 Å². The van der Waals surface area contributed by atoms with Crippen LogP contribution in [-0.2, 0) is 29.0 Å². The number of benzene rings is 3. The van der Waals surface area contributed by atoms with E-state index in [1.807, 2.05) is 60.7 Å². The molecular formula is C32H37ClN2O2. The van der Waals surface area contributed by atoms with Crippen LogP contribution in [0.15, 0.2) is 72.8 Å². The van der Waals surface area contributed by atoms with Crippen molar-refractivity contribution >= 4 is 23.4 Å². The third kappa shape index (κ3) is 7.69. The molecule has 0 heterocycles. The zero-order chi connectivity index (χ0) is 26.2. The number of halogens is 1. The quantitative estimate of drug-likeness (QED) is 0.349. The van der Waals surface area contributed by atoms with Gasteiger partial charge in [0.05, 0.1) is 6.42 Å². The van der Waals surface area contributed by atoms with Gasteiger partial charge in [-0.25, -0.2) is 0 Å². The number of nitrogens with one attached hydrogen (secondary N) is 1. The van der Waals surface area contributed by atoms with Crippen LogP contribution < -0.4 is 5.32 Å². The van der Waals surface area contributed by atoms with Gasteiger partial charge in [-0.2, -0.15) is 0 Å². The Kier molecular flexibility index (Phi) is 9.40. The summed E-state index contributed by atoms with van der Waals surface area (Å²) in [6, 6.07) is 23.2. The molecule has 1 aliphatic rings. The van der Waals surface area contributed by atoms with E-state index >= 15 is 0 Å². The Labute approximate surface area is 226 Å². The zero-order valence-corrected chi connectivity index (χ0v) is 22.6. The van der Waals surface area contributed by atoms with Crippen LogP contribution in [0.25, 0.3) is 0 Å². The van der Waals surface area contributed by atoms with Crippen LogP contribution >= 0.6 is 11.6 Å². The third-order valence-corrected chi connectivity index (χ3v) is 7.67. The van der Waals surface area contributed by atoms with Crippen molar-refractivity contribution < 1.29 is 9.59 Å². The van der Waals surface area contributed by atoms with Crippen LogP contribution in [0.1, 0.15) is 59.9 Å². The summed E-state index contributed by atoms with van der Waals surface area (Å²) in [5, 5.41) is 3.94. The predicted molar refractivity (Wildman–Crippen MR) is 151 cm³/mol. The van der Waals surface area contributed by atoms with E-state index < -0.39 is 6.04 Å². The number of nitrogens with zero attached hydrogens (tertiary/aromatic N) is 1. The van der Waals surface area contributed by atoms with Crippen LogP contribution in [0.4, 0.5) is 0 Å². The molecule has 37 heavy (non-hydrogen) atoms. The Hall–Kier alpha value is -3.11. The Bertz CT molecular complexity index is 1190. The Morgan fingerprint density at radius 1 is 0.865 bits per heavy atom. The van der Waals surface area contributed by atoms with E-state index in [-0.39, 0.29) is 24.3 Å². The molecule has 194 valence electrons. The molecule has 0 aromatic heterocycles. The smallest absolute Gasteiger partial charge is 0.243 e. The Morgan fingerprint density at radius 3 is 2.22 bits per heavy atom. The highest BCUT2D eigenvalue weighted by Gasteiger charge is 2.32. The van der Waals surface area contributed by atoms with Crippen molar-refractivity contribution in [3.05, 3.63) is 106 Å². The van der Waals surface area contributed by atoms with Gasteiger partial charge in [-0.3, -0.25) is 9.59 Å². The number of amides is 2. The first-order valence-electron chi connectivity index (χ1n) is 13.3. The lowest BCUT2D eigenvalue weighted by Gasteiger charge is -2.33. The number of hydrogen-bond acceptors (Lipinski definition) is 2. The van der Waals surface area contributed by atoms with Crippen molar-refractivity contribution in [3.63, 3.8) is 0 Å². The Balaban J connectivity index is 1.65. The lowest BCUT2D eigenvalue weighted by molar-refractivity contribution is -0.141. The molecule has 1 unspecified atom stereocenters. The highest BCUT2D eigenvalue weighted by Crippen LogP contribution is 2.21. The molecule has 0 aliphatic heterocycles. The fraction of sp³-hybridized carbons (Fsp3) is 0.375. The molecule has 4 nitrogen and oxygen atoms in total. The largest absolute Gasteiger partial charge is 0.352 e. The van der Waals surface area contributed by atoms with Gasteiger partial charge in [0.1, 0.15) is 6.04 Å². The number of carbonyl (C=O) groups excluding carboxylic acids is 2. The van der Waals surface area contributed by atoms with E-state index in [9.17, 15) is 9.59 Å². The highest BCUT2D eigenvalue weighted by atomic mass is 35.5. The van der Waals surface area contributed by atoms with Gasteiger partial charge in [-0.1, -0.05) is 91.5 Å². The molecule has 1 saturated carbocycles. The molecule has 0 saturated heterocycles. The van der Waals surface area contributed by atoms with Gasteiger partial charge in [-0.15, -0.1) is 0 Å². The second-order valence-electron chi connectivity index (χ2n) is 10.3. The SMILES string of the molecule is Cc1ccc(CC(=O)N(Cc2ccc(Cl)cc2)C(Cc2ccccc2)C(=O)NC2CCCCC2)cc1C. The molecule has 3 aromatic rings. The van der Waals surface area contributed by atoms with Gasteiger partial charge in [0.25, 0.3) is 0 Å². The van der Waals surface area contributed by atoms with E-state index in [4.69, 9.17) is 11.6 Å². The minimum Gasteiger partial charge on any atom is -0.352 e. The molecule has 2 amide bonds. The molecule has 0 spiro atoms. The number of aryl methyl sites for hydroxylation is 2. The second-order valence-corrected chi connectivity index (χ2v) is 10.7. The van der Waals surface area contributed by atoms with Crippen molar-refractivity contribution in [1.82, 2.24) is 10.2 Å². The maximum Gasteiger partial charge on any atom is 0.243 e. The topological polar surface area (TPSA) is 49.4 Å². The average Bonchev–Trinajstić information content (AvgIpc) is 2.90. The number of carbonyl (C=O) groups is 2. The summed E-state index contributed by atoms with van der Waals surface area (Å²) in [4.78, 5) is 29.5. The maximum atomic E-state index is 13.9. The molecule has 5 heteroatoms. The Morgan fingerprint density at radius 2 is 1.54 bits per heavy atom. The lowest BCUT2D eigenvalue weighted by Crippen LogP contribution is -2.53. The predicted octanol–water partition coefficient (Wildman–Crippen LogP) is 6.59. The van der Waals surface area contributed by atoms with Crippen molar-refractivity contribution in [2.24, 2.45) is 0 Å². The number of hydrogen-bond donors (Lipinski definition) is 1. The maximum absolute atomic E-state index is 13.9. The van der Waals surface area contributed by atoms with Crippen LogP contribution in [-0.4, -0.2) is 28.8 Å². The second kappa shape index (κ2) is 12.9. The molecule has 0 radical (unpaired) electrons. The standard InChI is InChI=1S/C32H37ClN2O2/c1-23-13-14-27(19-24(23)2)21-31(36)35(22-26-15-17-28(33)18-16-26)30(20-25-9-5-3-6-10-25)32(37)34-29-11-7-4-8-12-29/h3,5-6,9-10,13-19,29-30H,4,7-8,11-12,20-22H2,1-2H3,(H,34,37). The lowest BCUT2D eigenvalue weighted by atomic mass is 9.94. The van der Waals surface area contributed by atoms with Crippen LogP contribution in [0.3, 0.4) is 0 Å². The summed E-state index contributed by atoms with van der Waals surface area (Å²) >= 11 is 6.13. The average molecular weight is 517 g/mol. The van der Waals surface area contributed by atoms with E-state index in [0.29, 0.717) is 18.0 Å². The van der Waals surface area contributed by atoms with E-state index in [1.54, 1.807) is 4.90 Å². The minimum atomic E-state index is -0.612. The van der Waals surface area contributed by atoms with Gasteiger partial charge in [0, 0.05) is 24.0 Å². The first-order valence-corrected chi connectivity index (χ1v) is 13.7. The summed E-state index contributed by atoms with van der Waals surface area (Å²) in [7, 11) is 0. The van der Waals surface area contributed by atoms with Crippen LogP contribution in [0.2, 0.25) is 5.02 Å². The van der Waals surface area contributed by atoms with E-state index in [0.717, 1.165) is 47.9 Å². The molecule has 0 bridgehead atoms. The van der Waals surface area contributed by atoms with Crippen molar-refractivity contribution in [2.75, 3.05) is 0 Å². The van der Waals surface area contributed by atoms with Crippen molar-refractivity contribution in [2.45, 2.75) is 77.4 Å². The van der Waals surface area contributed by atoms with Crippen LogP contribution in [0, 0.1) is 13.8 Å². The summed E-state index contributed by atoms with van der Waals surface area (Å²) in [5.74, 6) is -0.129. The van der Waals surface area contributed by atoms with Gasteiger partial charge in [-0.05, 0) is 66.6 Å². The summed E-state index contributed by atoms with van der Waals surface area (Å²) in [6.45, 7) is 4.47. The van der Waals surface area contributed by atoms with Gasteiger partial charge < -0.3 is 10.2 Å². The fourth-order valence-electron chi connectivity index (χ4n) is 5.07. The molecule has 1 atom stereocenters. The van der Waals surface area contributed by atoms with Gasteiger partial charge in [0.15, 0.2) is 0 Å². The molecule has 4 rings (SSSR count). The summed E-state index contributed by atoms with van der Waals surface area (Å²) in [6.07, 6.45) is 6.19. The number of rotatable bonds is 9. The minimum absolute atomic E-state index is 0.0575. The third-order valence-electron chi connectivity index (χ3n) is 7.42. The molecule has 1 fully saturated rings. The highest BCUT2D eigenvalue weighted by molar-refractivity contribution is 6.30. The van der Waals surface area contributed by atoms with E-state index in [2.05, 4.69) is 31.3 Å². The zero-order valence-electron chi connectivity index (χ0n) is 21.9. The summed E-state index contributed by atoms with van der Waals surface area (Å²) in [5.41, 5.74) is 5.29. The van der Waals surface area contributed by atoms with Gasteiger partial charge in [0.2, 0.25) is 11.8 Å². The first-order chi connectivity index (χ1) is 17.9. The normalized spacial score (nSPS) is 14.7. The molecule has 1 N–H and O–H groups in total. The van der Waals surface area contributed by atoms with Crippen molar-refractivity contribution in [3.8, 4) is 0 Å². The first kappa shape index (κ1) is 26.9. The summed E-state index contributed by atoms with van der Waals surface area (Å²) < 4.78 is 0. The van der Waals surface area contributed by atoms with Crippen LogP contribution in [0.5, 0.6) is 0 Å². The van der Waals surface area contributed by atoms with E-state index in [1.165, 1.54) is 12.0 Å². The fourth-order valence-corrected chi connectivity index (χ4v) is 5.20. The molecule has 1 aliphatic carbocycles.